The van der Waals surface area contributed by atoms with Crippen molar-refractivity contribution in [2.75, 3.05) is 6.54 Å². The second-order valence-electron chi connectivity index (χ2n) is 5.76. The minimum Gasteiger partial charge on any atom is -0.355 e. The lowest BCUT2D eigenvalue weighted by atomic mass is 9.94. The summed E-state index contributed by atoms with van der Waals surface area (Å²) in [6.45, 7) is 7.86. The third-order valence-electron chi connectivity index (χ3n) is 3.40. The molecule has 1 aromatic carbocycles. The quantitative estimate of drug-likeness (QED) is 0.588. The number of carbonyl (C=O) groups excluding carboxylic acids is 2. The van der Waals surface area contributed by atoms with Crippen molar-refractivity contribution in [3.05, 3.63) is 46.9 Å². The van der Waals surface area contributed by atoms with Gasteiger partial charge in [-0.2, -0.15) is 5.26 Å². The van der Waals surface area contributed by atoms with E-state index in [9.17, 15) is 14.9 Å². The topological polar surface area (TPSA) is 82.0 Å². The Bertz CT molecular complexity index is 648. The second kappa shape index (κ2) is 9.14. The maximum atomic E-state index is 12.4. The molecule has 0 saturated heterocycles. The van der Waals surface area contributed by atoms with E-state index in [-0.39, 0.29) is 16.7 Å². The van der Waals surface area contributed by atoms with Gasteiger partial charge in [-0.25, -0.2) is 0 Å². The number of nitriles is 1. The van der Waals surface area contributed by atoms with Crippen LogP contribution in [0.2, 0.25) is 0 Å². The van der Waals surface area contributed by atoms with Gasteiger partial charge in [0.05, 0.1) is 10.8 Å². The molecular formula is C18H23N3O2S. The number of benzene rings is 1. The highest BCUT2D eigenvalue weighted by Gasteiger charge is 2.24. The Balaban J connectivity index is 2.78. The SMILES string of the molecule is CCNC(=O)C(C)S/C=C(/C#N)C(=O)NC(C)(C)c1ccccc1. The minimum atomic E-state index is -0.607. The van der Waals surface area contributed by atoms with Crippen molar-refractivity contribution in [2.45, 2.75) is 38.5 Å². The number of thioether (sulfide) groups is 1. The van der Waals surface area contributed by atoms with Gasteiger partial charge in [0.2, 0.25) is 5.91 Å². The van der Waals surface area contributed by atoms with Crippen LogP contribution in [0.25, 0.3) is 0 Å². The fourth-order valence-corrected chi connectivity index (χ4v) is 2.67. The zero-order valence-electron chi connectivity index (χ0n) is 14.4. The Morgan fingerprint density at radius 3 is 2.50 bits per heavy atom. The molecule has 128 valence electrons. The fraction of sp³-hybridized carbons (Fsp3) is 0.389. The molecule has 0 spiro atoms. The summed E-state index contributed by atoms with van der Waals surface area (Å²) in [4.78, 5) is 24.0. The lowest BCUT2D eigenvalue weighted by Gasteiger charge is -2.26. The number of amides is 2. The first kappa shape index (κ1) is 19.8. The number of hydrogen-bond acceptors (Lipinski definition) is 4. The van der Waals surface area contributed by atoms with E-state index in [1.807, 2.05) is 57.2 Å². The normalized spacial score (nSPS) is 12.9. The molecule has 0 aliphatic heterocycles. The monoisotopic (exact) mass is 345 g/mol. The lowest BCUT2D eigenvalue weighted by molar-refractivity contribution is -0.120. The van der Waals surface area contributed by atoms with E-state index in [2.05, 4.69) is 10.6 Å². The summed E-state index contributed by atoms with van der Waals surface area (Å²) in [5, 5.41) is 15.9. The Morgan fingerprint density at radius 1 is 1.33 bits per heavy atom. The first-order valence-electron chi connectivity index (χ1n) is 7.73. The van der Waals surface area contributed by atoms with Gasteiger partial charge < -0.3 is 10.6 Å². The Labute approximate surface area is 147 Å². The number of nitrogens with one attached hydrogen (secondary N) is 2. The van der Waals surface area contributed by atoms with Gasteiger partial charge in [0.25, 0.3) is 5.91 Å². The third-order valence-corrected chi connectivity index (χ3v) is 4.39. The molecule has 6 heteroatoms. The molecule has 1 rings (SSSR count). The van der Waals surface area contributed by atoms with Crippen LogP contribution in [0, 0.1) is 11.3 Å². The average molecular weight is 345 g/mol. The van der Waals surface area contributed by atoms with E-state index in [4.69, 9.17) is 0 Å². The molecule has 0 aliphatic carbocycles. The molecule has 0 aliphatic rings. The largest absolute Gasteiger partial charge is 0.355 e. The first-order chi connectivity index (χ1) is 11.3. The van der Waals surface area contributed by atoms with Crippen molar-refractivity contribution in [1.82, 2.24) is 10.6 Å². The number of nitrogens with zero attached hydrogens (tertiary/aromatic N) is 1. The standard InChI is InChI=1S/C18H23N3O2S/c1-5-20-16(22)13(2)24-12-14(11-19)17(23)21-18(3,4)15-9-7-6-8-10-15/h6-10,12-13H,5H2,1-4H3,(H,20,22)(H,21,23)/b14-12-. The van der Waals surface area contributed by atoms with E-state index < -0.39 is 11.4 Å². The summed E-state index contributed by atoms with van der Waals surface area (Å²) in [7, 11) is 0. The molecule has 24 heavy (non-hydrogen) atoms. The van der Waals surface area contributed by atoms with Crippen LogP contribution in [0.15, 0.2) is 41.3 Å². The summed E-state index contributed by atoms with van der Waals surface area (Å²) in [6.07, 6.45) is 0. The molecule has 1 unspecified atom stereocenters. The van der Waals surface area contributed by atoms with E-state index in [0.29, 0.717) is 6.54 Å². The molecule has 0 saturated carbocycles. The van der Waals surface area contributed by atoms with Gasteiger partial charge in [0.1, 0.15) is 11.6 Å². The minimum absolute atomic E-state index is 0.0137. The van der Waals surface area contributed by atoms with Crippen LogP contribution < -0.4 is 10.6 Å². The van der Waals surface area contributed by atoms with Crippen molar-refractivity contribution < 1.29 is 9.59 Å². The highest BCUT2D eigenvalue weighted by atomic mass is 32.2. The molecule has 0 aromatic heterocycles. The molecule has 0 heterocycles. The van der Waals surface area contributed by atoms with Crippen molar-refractivity contribution in [2.24, 2.45) is 0 Å². The molecule has 2 amide bonds. The van der Waals surface area contributed by atoms with E-state index in [1.54, 1.807) is 6.92 Å². The molecule has 1 atom stereocenters. The maximum Gasteiger partial charge on any atom is 0.263 e. The van der Waals surface area contributed by atoms with Gasteiger partial charge in [-0.3, -0.25) is 9.59 Å². The van der Waals surface area contributed by atoms with Crippen molar-refractivity contribution in [1.29, 1.82) is 5.26 Å². The molecular weight excluding hydrogens is 322 g/mol. The van der Waals surface area contributed by atoms with E-state index >= 15 is 0 Å². The second-order valence-corrected chi connectivity index (χ2v) is 6.98. The Kier molecular flexibility index (Phi) is 7.53. The van der Waals surface area contributed by atoms with Gasteiger partial charge in [0, 0.05) is 6.54 Å². The number of rotatable bonds is 7. The van der Waals surface area contributed by atoms with Gasteiger partial charge in [0.15, 0.2) is 0 Å². The van der Waals surface area contributed by atoms with Gasteiger partial charge in [-0.1, -0.05) is 30.3 Å². The van der Waals surface area contributed by atoms with Crippen molar-refractivity contribution in [3.63, 3.8) is 0 Å². The van der Waals surface area contributed by atoms with Crippen LogP contribution in [0.1, 0.15) is 33.3 Å². The predicted octanol–water partition coefficient (Wildman–Crippen LogP) is 2.70. The molecule has 5 nitrogen and oxygen atoms in total. The lowest BCUT2D eigenvalue weighted by Crippen LogP contribution is -2.41. The van der Waals surface area contributed by atoms with Crippen LogP contribution in [-0.4, -0.2) is 23.6 Å². The summed E-state index contributed by atoms with van der Waals surface area (Å²) in [5.41, 5.74) is 0.323. The molecule has 0 radical (unpaired) electrons. The molecule has 0 bridgehead atoms. The highest BCUT2D eigenvalue weighted by molar-refractivity contribution is 8.03. The summed E-state index contributed by atoms with van der Waals surface area (Å²) in [5.74, 6) is -0.581. The van der Waals surface area contributed by atoms with Gasteiger partial charge in [-0.05, 0) is 38.7 Å². The molecule has 1 aromatic rings. The average Bonchev–Trinajstić information content (AvgIpc) is 2.55. The van der Waals surface area contributed by atoms with E-state index in [1.165, 1.54) is 5.41 Å². The van der Waals surface area contributed by atoms with Crippen LogP contribution >= 0.6 is 11.8 Å². The summed E-state index contributed by atoms with van der Waals surface area (Å²) < 4.78 is 0. The molecule has 2 N–H and O–H groups in total. The summed E-state index contributed by atoms with van der Waals surface area (Å²) >= 11 is 1.15. The highest BCUT2D eigenvalue weighted by Crippen LogP contribution is 2.21. The maximum absolute atomic E-state index is 12.4. The van der Waals surface area contributed by atoms with Crippen LogP contribution in [-0.2, 0) is 15.1 Å². The van der Waals surface area contributed by atoms with Gasteiger partial charge >= 0.3 is 0 Å². The smallest absolute Gasteiger partial charge is 0.263 e. The van der Waals surface area contributed by atoms with Crippen LogP contribution in [0.5, 0.6) is 0 Å². The van der Waals surface area contributed by atoms with E-state index in [0.717, 1.165) is 17.3 Å². The van der Waals surface area contributed by atoms with Crippen molar-refractivity contribution in [3.8, 4) is 6.07 Å². The first-order valence-corrected chi connectivity index (χ1v) is 8.67. The fourth-order valence-electron chi connectivity index (χ4n) is 1.96. The number of carbonyl (C=O) groups is 2. The third kappa shape index (κ3) is 5.74. The Hall–Kier alpha value is -2.26. The Morgan fingerprint density at radius 2 is 1.96 bits per heavy atom. The predicted molar refractivity (Wildman–Crippen MR) is 97.0 cm³/mol. The zero-order valence-corrected chi connectivity index (χ0v) is 15.2. The van der Waals surface area contributed by atoms with Crippen molar-refractivity contribution >= 4 is 23.6 Å². The number of hydrogen-bond donors (Lipinski definition) is 2. The molecule has 0 fully saturated rings. The summed E-state index contributed by atoms with van der Waals surface area (Å²) in [6, 6.07) is 11.4. The van der Waals surface area contributed by atoms with Crippen LogP contribution in [0.4, 0.5) is 0 Å². The van der Waals surface area contributed by atoms with Crippen LogP contribution in [0.3, 0.4) is 0 Å². The zero-order chi connectivity index (χ0) is 18.2. The van der Waals surface area contributed by atoms with Gasteiger partial charge in [-0.15, -0.1) is 11.8 Å².